The van der Waals surface area contributed by atoms with Crippen LogP contribution in [0.2, 0.25) is 0 Å². The molecule has 0 saturated carbocycles. The van der Waals surface area contributed by atoms with Crippen LogP contribution >= 0.6 is 0 Å². The molecule has 148 valence electrons. The SMILES string of the molecule is Cc1cc(C(=O)NCC2CCCO2)nc(Nc2ccc(N3CCCC3)cc2)n1. The predicted molar refractivity (Wildman–Crippen MR) is 109 cm³/mol. The number of anilines is 3. The fourth-order valence-electron chi connectivity index (χ4n) is 3.70. The summed E-state index contributed by atoms with van der Waals surface area (Å²) in [5.74, 6) is 0.227. The highest BCUT2D eigenvalue weighted by molar-refractivity contribution is 5.92. The fraction of sp³-hybridized carbons (Fsp3) is 0.476. The van der Waals surface area contributed by atoms with Crippen molar-refractivity contribution in [3.8, 4) is 0 Å². The maximum absolute atomic E-state index is 12.5. The minimum absolute atomic E-state index is 0.110. The summed E-state index contributed by atoms with van der Waals surface area (Å²) in [6, 6.07) is 9.97. The van der Waals surface area contributed by atoms with E-state index in [1.807, 2.05) is 19.1 Å². The molecular weight excluding hydrogens is 354 g/mol. The number of benzene rings is 1. The summed E-state index contributed by atoms with van der Waals surface area (Å²) in [5.41, 5.74) is 3.25. The summed E-state index contributed by atoms with van der Waals surface area (Å²) >= 11 is 0. The Morgan fingerprint density at radius 2 is 1.96 bits per heavy atom. The van der Waals surface area contributed by atoms with Crippen LogP contribution in [0.1, 0.15) is 41.9 Å². The largest absolute Gasteiger partial charge is 0.376 e. The number of hydrogen-bond acceptors (Lipinski definition) is 6. The number of carbonyl (C=O) groups excluding carboxylic acids is 1. The van der Waals surface area contributed by atoms with Crippen LogP contribution in [0.15, 0.2) is 30.3 Å². The minimum atomic E-state index is -0.201. The number of hydrogen-bond donors (Lipinski definition) is 2. The third-order valence-electron chi connectivity index (χ3n) is 5.20. The maximum Gasteiger partial charge on any atom is 0.270 e. The zero-order chi connectivity index (χ0) is 19.3. The van der Waals surface area contributed by atoms with Gasteiger partial charge in [0.25, 0.3) is 5.91 Å². The van der Waals surface area contributed by atoms with Crippen LogP contribution in [-0.4, -0.2) is 48.2 Å². The van der Waals surface area contributed by atoms with Gasteiger partial charge in [0.1, 0.15) is 5.69 Å². The fourth-order valence-corrected chi connectivity index (χ4v) is 3.70. The number of aryl methyl sites for hydroxylation is 1. The Balaban J connectivity index is 1.40. The smallest absolute Gasteiger partial charge is 0.270 e. The molecule has 3 heterocycles. The van der Waals surface area contributed by atoms with Gasteiger partial charge < -0.3 is 20.3 Å². The van der Waals surface area contributed by atoms with Crippen LogP contribution in [-0.2, 0) is 4.74 Å². The van der Waals surface area contributed by atoms with Crippen LogP contribution in [0.5, 0.6) is 0 Å². The molecule has 1 amide bonds. The van der Waals surface area contributed by atoms with Gasteiger partial charge in [0.05, 0.1) is 6.10 Å². The van der Waals surface area contributed by atoms with Gasteiger partial charge >= 0.3 is 0 Å². The van der Waals surface area contributed by atoms with Crippen molar-refractivity contribution >= 4 is 23.2 Å². The van der Waals surface area contributed by atoms with E-state index in [2.05, 4.69) is 37.6 Å². The molecule has 1 atom stereocenters. The number of rotatable bonds is 6. The Morgan fingerprint density at radius 3 is 2.68 bits per heavy atom. The van der Waals surface area contributed by atoms with Crippen molar-refractivity contribution in [3.63, 3.8) is 0 Å². The molecule has 2 aliphatic heterocycles. The maximum atomic E-state index is 12.5. The number of ether oxygens (including phenoxy) is 1. The van der Waals surface area contributed by atoms with Crippen molar-refractivity contribution in [1.82, 2.24) is 15.3 Å². The zero-order valence-electron chi connectivity index (χ0n) is 16.3. The van der Waals surface area contributed by atoms with E-state index in [9.17, 15) is 4.79 Å². The minimum Gasteiger partial charge on any atom is -0.376 e. The van der Waals surface area contributed by atoms with E-state index in [1.54, 1.807) is 6.07 Å². The zero-order valence-corrected chi connectivity index (χ0v) is 16.3. The van der Waals surface area contributed by atoms with Gasteiger partial charge in [-0.15, -0.1) is 0 Å². The molecular formula is C21H27N5O2. The topological polar surface area (TPSA) is 79.4 Å². The van der Waals surface area contributed by atoms with E-state index in [4.69, 9.17) is 4.74 Å². The van der Waals surface area contributed by atoms with Gasteiger partial charge in [-0.25, -0.2) is 9.97 Å². The lowest BCUT2D eigenvalue weighted by atomic mass is 10.2. The Bertz CT molecular complexity index is 812. The van der Waals surface area contributed by atoms with Crippen molar-refractivity contribution in [2.24, 2.45) is 0 Å². The molecule has 7 nitrogen and oxygen atoms in total. The standard InChI is InChI=1S/C21H27N5O2/c1-15-13-19(20(27)22-14-18-5-4-12-28-18)25-21(23-15)24-16-6-8-17(9-7-16)26-10-2-3-11-26/h6-9,13,18H,2-5,10-12,14H2,1H3,(H,22,27)(H,23,24,25). The highest BCUT2D eigenvalue weighted by atomic mass is 16.5. The van der Waals surface area contributed by atoms with Crippen molar-refractivity contribution in [1.29, 1.82) is 0 Å². The van der Waals surface area contributed by atoms with Crippen molar-refractivity contribution < 1.29 is 9.53 Å². The molecule has 4 rings (SSSR count). The molecule has 2 saturated heterocycles. The van der Waals surface area contributed by atoms with E-state index in [1.165, 1.54) is 18.5 Å². The first-order chi connectivity index (χ1) is 13.7. The summed E-state index contributed by atoms with van der Waals surface area (Å²) in [4.78, 5) is 23.7. The van der Waals surface area contributed by atoms with Crippen molar-refractivity contribution in [2.45, 2.75) is 38.7 Å². The molecule has 0 bridgehead atoms. The molecule has 1 unspecified atom stereocenters. The lowest BCUT2D eigenvalue weighted by Crippen LogP contribution is -2.32. The number of carbonyl (C=O) groups is 1. The Labute approximate surface area is 165 Å². The van der Waals surface area contributed by atoms with Crippen molar-refractivity contribution in [3.05, 3.63) is 41.7 Å². The average molecular weight is 381 g/mol. The molecule has 0 spiro atoms. The molecule has 7 heteroatoms. The van der Waals surface area contributed by atoms with Crippen LogP contribution in [0, 0.1) is 6.92 Å². The van der Waals surface area contributed by atoms with E-state index in [0.717, 1.165) is 43.9 Å². The average Bonchev–Trinajstić information content (AvgIpc) is 3.40. The number of nitrogens with one attached hydrogen (secondary N) is 2. The second-order valence-corrected chi connectivity index (χ2v) is 7.43. The first kappa shape index (κ1) is 18.7. The molecule has 0 radical (unpaired) electrons. The van der Waals surface area contributed by atoms with Gasteiger partial charge in [0.15, 0.2) is 0 Å². The lowest BCUT2D eigenvalue weighted by molar-refractivity contribution is 0.0853. The number of aromatic nitrogens is 2. The highest BCUT2D eigenvalue weighted by Gasteiger charge is 2.18. The summed E-state index contributed by atoms with van der Waals surface area (Å²) in [6.07, 6.45) is 4.67. The van der Waals surface area contributed by atoms with Crippen LogP contribution in [0.4, 0.5) is 17.3 Å². The van der Waals surface area contributed by atoms with Gasteiger partial charge in [-0.1, -0.05) is 0 Å². The summed E-state index contributed by atoms with van der Waals surface area (Å²) in [7, 11) is 0. The second-order valence-electron chi connectivity index (χ2n) is 7.43. The summed E-state index contributed by atoms with van der Waals surface area (Å²) in [6.45, 7) is 5.40. The van der Waals surface area contributed by atoms with Gasteiger partial charge in [-0.3, -0.25) is 4.79 Å². The quantitative estimate of drug-likeness (QED) is 0.801. The second kappa shape index (κ2) is 8.56. The summed E-state index contributed by atoms with van der Waals surface area (Å²) in [5, 5.41) is 6.12. The van der Waals surface area contributed by atoms with E-state index in [0.29, 0.717) is 18.2 Å². The first-order valence-electron chi connectivity index (χ1n) is 10.0. The molecule has 2 aliphatic rings. The third kappa shape index (κ3) is 4.59. The molecule has 2 N–H and O–H groups in total. The molecule has 28 heavy (non-hydrogen) atoms. The van der Waals surface area contributed by atoms with E-state index >= 15 is 0 Å². The molecule has 1 aromatic carbocycles. The first-order valence-corrected chi connectivity index (χ1v) is 10.0. The van der Waals surface area contributed by atoms with E-state index < -0.39 is 0 Å². The summed E-state index contributed by atoms with van der Waals surface area (Å²) < 4.78 is 5.55. The number of nitrogens with zero attached hydrogens (tertiary/aromatic N) is 3. The van der Waals surface area contributed by atoms with Gasteiger partial charge in [0, 0.05) is 43.3 Å². The Hall–Kier alpha value is -2.67. The number of amides is 1. The van der Waals surface area contributed by atoms with Gasteiger partial charge in [0.2, 0.25) is 5.95 Å². The Kier molecular flexibility index (Phi) is 5.71. The molecule has 2 aromatic rings. The van der Waals surface area contributed by atoms with Crippen LogP contribution < -0.4 is 15.5 Å². The molecule has 0 aliphatic carbocycles. The normalized spacial score (nSPS) is 19.0. The van der Waals surface area contributed by atoms with Gasteiger partial charge in [-0.2, -0.15) is 0 Å². The highest BCUT2D eigenvalue weighted by Crippen LogP contribution is 2.23. The third-order valence-corrected chi connectivity index (χ3v) is 5.20. The monoisotopic (exact) mass is 381 g/mol. The molecule has 2 fully saturated rings. The predicted octanol–water partition coefficient (Wildman–Crippen LogP) is 3.04. The molecule has 1 aromatic heterocycles. The van der Waals surface area contributed by atoms with Crippen molar-refractivity contribution in [2.75, 3.05) is 36.5 Å². The Morgan fingerprint density at radius 1 is 1.18 bits per heavy atom. The van der Waals surface area contributed by atoms with Gasteiger partial charge in [-0.05, 0) is 62.9 Å². The van der Waals surface area contributed by atoms with Crippen LogP contribution in [0.25, 0.3) is 0 Å². The van der Waals surface area contributed by atoms with E-state index in [-0.39, 0.29) is 12.0 Å². The lowest BCUT2D eigenvalue weighted by Gasteiger charge is -2.18. The van der Waals surface area contributed by atoms with Crippen LogP contribution in [0.3, 0.4) is 0 Å².